The van der Waals surface area contributed by atoms with E-state index in [1.54, 1.807) is 7.11 Å². The molecule has 2 N–H and O–H groups in total. The van der Waals surface area contributed by atoms with Crippen molar-refractivity contribution in [3.05, 3.63) is 11.6 Å². The van der Waals surface area contributed by atoms with E-state index in [2.05, 4.69) is 20.8 Å². The van der Waals surface area contributed by atoms with Gasteiger partial charge < -0.3 is 24.7 Å². The molecular formula is C20H36N6O2. The Morgan fingerprint density at radius 2 is 2.11 bits per heavy atom. The molecule has 0 spiro atoms. The SMILES string of the molecule is COCCC1(CNC(=NCc2nnc(C)n2C)NCC2CCCO2)CCCC1. The maximum atomic E-state index is 5.75. The van der Waals surface area contributed by atoms with Gasteiger partial charge in [-0.2, -0.15) is 0 Å². The van der Waals surface area contributed by atoms with Crippen molar-refractivity contribution in [3.63, 3.8) is 0 Å². The maximum absolute atomic E-state index is 5.75. The Balaban J connectivity index is 1.62. The largest absolute Gasteiger partial charge is 0.385 e. The van der Waals surface area contributed by atoms with Gasteiger partial charge in [0.1, 0.15) is 12.4 Å². The van der Waals surface area contributed by atoms with Crippen molar-refractivity contribution in [1.82, 2.24) is 25.4 Å². The molecule has 2 fully saturated rings. The Labute approximate surface area is 168 Å². The smallest absolute Gasteiger partial charge is 0.191 e. The van der Waals surface area contributed by atoms with E-state index in [0.717, 1.165) is 63.2 Å². The molecule has 1 atom stereocenters. The maximum Gasteiger partial charge on any atom is 0.191 e. The van der Waals surface area contributed by atoms with Crippen molar-refractivity contribution in [3.8, 4) is 0 Å². The van der Waals surface area contributed by atoms with E-state index in [4.69, 9.17) is 14.5 Å². The summed E-state index contributed by atoms with van der Waals surface area (Å²) in [7, 11) is 3.76. The van der Waals surface area contributed by atoms with Crippen LogP contribution in [0.4, 0.5) is 0 Å². The van der Waals surface area contributed by atoms with Crippen LogP contribution in [0, 0.1) is 12.3 Å². The van der Waals surface area contributed by atoms with E-state index in [1.807, 2.05) is 18.5 Å². The van der Waals surface area contributed by atoms with Gasteiger partial charge in [-0.05, 0) is 44.4 Å². The van der Waals surface area contributed by atoms with E-state index in [0.29, 0.717) is 12.0 Å². The minimum atomic E-state index is 0.276. The summed E-state index contributed by atoms with van der Waals surface area (Å²) in [6.07, 6.45) is 8.75. The van der Waals surface area contributed by atoms with Crippen molar-refractivity contribution in [2.75, 3.05) is 33.4 Å². The minimum absolute atomic E-state index is 0.276. The van der Waals surface area contributed by atoms with Crippen molar-refractivity contribution < 1.29 is 9.47 Å². The number of hydrogen-bond acceptors (Lipinski definition) is 5. The molecule has 0 radical (unpaired) electrons. The molecule has 8 nitrogen and oxygen atoms in total. The average Bonchev–Trinajstić information content (AvgIpc) is 3.44. The zero-order valence-corrected chi connectivity index (χ0v) is 17.7. The van der Waals surface area contributed by atoms with Gasteiger partial charge in [-0.15, -0.1) is 10.2 Å². The Morgan fingerprint density at radius 3 is 2.75 bits per heavy atom. The summed E-state index contributed by atoms with van der Waals surface area (Å²) in [5.41, 5.74) is 0.309. The van der Waals surface area contributed by atoms with Crippen LogP contribution in [0.2, 0.25) is 0 Å². The Morgan fingerprint density at radius 1 is 1.29 bits per heavy atom. The highest BCUT2D eigenvalue weighted by atomic mass is 16.5. The summed E-state index contributed by atoms with van der Waals surface area (Å²) in [6.45, 7) is 5.85. The number of hydrogen-bond donors (Lipinski definition) is 2. The molecule has 1 aromatic heterocycles. The Kier molecular flexibility index (Phi) is 7.67. The number of methoxy groups -OCH3 is 1. The summed E-state index contributed by atoms with van der Waals surface area (Å²) in [6, 6.07) is 0. The summed E-state index contributed by atoms with van der Waals surface area (Å²) in [4.78, 5) is 4.79. The molecule has 0 aromatic carbocycles. The molecule has 1 aliphatic carbocycles. The lowest BCUT2D eigenvalue weighted by molar-refractivity contribution is 0.113. The molecular weight excluding hydrogens is 356 g/mol. The zero-order chi connectivity index (χ0) is 19.8. The topological polar surface area (TPSA) is 85.6 Å². The first kappa shape index (κ1) is 21.0. The predicted octanol–water partition coefficient (Wildman–Crippen LogP) is 1.93. The van der Waals surface area contributed by atoms with Crippen LogP contribution in [-0.2, 0) is 23.1 Å². The summed E-state index contributed by atoms with van der Waals surface area (Å²) in [5, 5.41) is 15.4. The number of aromatic nitrogens is 3. The monoisotopic (exact) mass is 392 g/mol. The normalized spacial score (nSPS) is 22.0. The van der Waals surface area contributed by atoms with Gasteiger partial charge >= 0.3 is 0 Å². The highest BCUT2D eigenvalue weighted by molar-refractivity contribution is 5.79. The third kappa shape index (κ3) is 5.67. The molecule has 28 heavy (non-hydrogen) atoms. The summed E-state index contributed by atoms with van der Waals surface area (Å²) >= 11 is 0. The van der Waals surface area contributed by atoms with Crippen LogP contribution in [0.1, 0.15) is 56.6 Å². The number of ether oxygens (including phenoxy) is 2. The van der Waals surface area contributed by atoms with Crippen molar-refractivity contribution in [2.24, 2.45) is 17.5 Å². The van der Waals surface area contributed by atoms with Gasteiger partial charge in [0.05, 0.1) is 6.10 Å². The van der Waals surface area contributed by atoms with Crippen LogP contribution in [0.3, 0.4) is 0 Å². The molecule has 1 saturated heterocycles. The molecule has 2 heterocycles. The highest BCUT2D eigenvalue weighted by Crippen LogP contribution is 2.40. The second-order valence-electron chi connectivity index (χ2n) is 8.21. The van der Waals surface area contributed by atoms with E-state index in [1.165, 1.54) is 25.7 Å². The molecule has 0 amide bonds. The quantitative estimate of drug-likeness (QED) is 0.493. The van der Waals surface area contributed by atoms with Gasteiger partial charge in [-0.1, -0.05) is 12.8 Å². The highest BCUT2D eigenvalue weighted by Gasteiger charge is 2.33. The lowest BCUT2D eigenvalue weighted by atomic mass is 9.83. The standard InChI is InChI=1S/C20H36N6O2/c1-16-24-25-18(26(16)2)14-22-19(21-13-17-7-6-11-28-17)23-15-20(10-12-27-3)8-4-5-9-20/h17H,4-15H2,1-3H3,(H2,21,22,23). The minimum Gasteiger partial charge on any atom is -0.385 e. The first-order valence-corrected chi connectivity index (χ1v) is 10.6. The van der Waals surface area contributed by atoms with Gasteiger partial charge in [0, 0.05) is 40.5 Å². The van der Waals surface area contributed by atoms with E-state index in [-0.39, 0.29) is 6.10 Å². The van der Waals surface area contributed by atoms with Gasteiger partial charge in [0.2, 0.25) is 0 Å². The molecule has 1 saturated carbocycles. The summed E-state index contributed by atoms with van der Waals surface area (Å²) in [5.74, 6) is 2.60. The second kappa shape index (κ2) is 10.2. The van der Waals surface area contributed by atoms with Gasteiger partial charge in [-0.3, -0.25) is 0 Å². The number of rotatable bonds is 9. The van der Waals surface area contributed by atoms with Crippen molar-refractivity contribution in [2.45, 2.75) is 64.5 Å². The molecule has 1 aliphatic heterocycles. The molecule has 158 valence electrons. The molecule has 3 rings (SSSR count). The fourth-order valence-corrected chi connectivity index (χ4v) is 4.16. The van der Waals surface area contributed by atoms with Gasteiger partial charge in [-0.25, -0.2) is 4.99 Å². The first-order chi connectivity index (χ1) is 13.6. The molecule has 1 aromatic rings. The first-order valence-electron chi connectivity index (χ1n) is 10.6. The number of nitrogens with one attached hydrogen (secondary N) is 2. The van der Waals surface area contributed by atoms with Gasteiger partial charge in [0.25, 0.3) is 0 Å². The van der Waals surface area contributed by atoms with Crippen molar-refractivity contribution in [1.29, 1.82) is 0 Å². The van der Waals surface area contributed by atoms with Crippen LogP contribution >= 0.6 is 0 Å². The third-order valence-electron chi connectivity index (χ3n) is 6.21. The lowest BCUT2D eigenvalue weighted by Crippen LogP contribution is -2.45. The van der Waals surface area contributed by atoms with E-state index in [9.17, 15) is 0 Å². The number of nitrogens with zero attached hydrogens (tertiary/aromatic N) is 4. The van der Waals surface area contributed by atoms with Crippen LogP contribution in [0.5, 0.6) is 0 Å². The fourth-order valence-electron chi connectivity index (χ4n) is 4.16. The fraction of sp³-hybridized carbons (Fsp3) is 0.850. The van der Waals surface area contributed by atoms with Crippen LogP contribution in [0.15, 0.2) is 4.99 Å². The van der Waals surface area contributed by atoms with Crippen LogP contribution < -0.4 is 10.6 Å². The number of aliphatic imine (C=N–C) groups is 1. The van der Waals surface area contributed by atoms with Crippen LogP contribution in [-0.4, -0.2) is 60.2 Å². The molecule has 2 aliphatic rings. The number of aryl methyl sites for hydroxylation is 1. The van der Waals surface area contributed by atoms with E-state index >= 15 is 0 Å². The van der Waals surface area contributed by atoms with E-state index < -0.39 is 0 Å². The average molecular weight is 393 g/mol. The molecule has 1 unspecified atom stereocenters. The van der Waals surface area contributed by atoms with Crippen molar-refractivity contribution >= 4 is 5.96 Å². The third-order valence-corrected chi connectivity index (χ3v) is 6.21. The lowest BCUT2D eigenvalue weighted by Gasteiger charge is -2.30. The second-order valence-corrected chi connectivity index (χ2v) is 8.21. The number of guanidine groups is 1. The van der Waals surface area contributed by atoms with Crippen LogP contribution in [0.25, 0.3) is 0 Å². The molecule has 8 heteroatoms. The zero-order valence-electron chi connectivity index (χ0n) is 17.7. The Hall–Kier alpha value is -1.67. The Bertz CT molecular complexity index is 633. The predicted molar refractivity (Wildman–Crippen MR) is 109 cm³/mol. The summed E-state index contributed by atoms with van der Waals surface area (Å²) < 4.78 is 13.1. The van der Waals surface area contributed by atoms with Gasteiger partial charge in [0.15, 0.2) is 11.8 Å². The molecule has 0 bridgehead atoms.